The zero-order valence-electron chi connectivity index (χ0n) is 13.0. The van der Waals surface area contributed by atoms with Gasteiger partial charge in [-0.25, -0.2) is 4.39 Å². The third-order valence-corrected chi connectivity index (χ3v) is 4.01. The Balaban J connectivity index is 1.99. The van der Waals surface area contributed by atoms with Gasteiger partial charge in [-0.05, 0) is 18.2 Å². The van der Waals surface area contributed by atoms with E-state index >= 15 is 0 Å². The summed E-state index contributed by atoms with van der Waals surface area (Å²) in [6.07, 6.45) is 0. The molecule has 25 heavy (non-hydrogen) atoms. The lowest BCUT2D eigenvalue weighted by Crippen LogP contribution is -2.31. The fourth-order valence-corrected chi connectivity index (χ4v) is 2.43. The van der Waals surface area contributed by atoms with Gasteiger partial charge in [0.2, 0.25) is 0 Å². The molecule has 0 bridgehead atoms. The Bertz CT molecular complexity index is 796. The van der Waals surface area contributed by atoms with Crippen molar-refractivity contribution in [2.75, 3.05) is 13.7 Å². The standard InChI is InChI=1S/C16H13Cl2FN2O4/c1-20(8-11-12(17)3-2-4-14(11)19)16(22)9-25-15-6-5-10(21(23)24)7-13(15)18/h2-7H,8-9H2,1H3. The van der Waals surface area contributed by atoms with Crippen molar-refractivity contribution in [3.63, 3.8) is 0 Å². The molecule has 0 N–H and O–H groups in total. The molecular weight excluding hydrogens is 374 g/mol. The highest BCUT2D eigenvalue weighted by molar-refractivity contribution is 6.32. The third-order valence-electron chi connectivity index (χ3n) is 3.36. The molecule has 2 aromatic rings. The number of carbonyl (C=O) groups is 1. The summed E-state index contributed by atoms with van der Waals surface area (Å²) in [7, 11) is 1.48. The number of nitrogens with zero attached hydrogens (tertiary/aromatic N) is 2. The first-order valence-corrected chi connectivity index (χ1v) is 7.78. The van der Waals surface area contributed by atoms with Crippen molar-refractivity contribution < 1.29 is 18.8 Å². The maximum absolute atomic E-state index is 13.8. The number of non-ortho nitro benzene ring substituents is 1. The van der Waals surface area contributed by atoms with E-state index in [1.54, 1.807) is 0 Å². The van der Waals surface area contributed by atoms with Crippen LogP contribution in [0.25, 0.3) is 0 Å². The maximum atomic E-state index is 13.8. The molecule has 6 nitrogen and oxygen atoms in total. The van der Waals surface area contributed by atoms with Crippen molar-refractivity contribution in [2.24, 2.45) is 0 Å². The fourth-order valence-electron chi connectivity index (χ4n) is 1.98. The van der Waals surface area contributed by atoms with Crippen LogP contribution in [-0.2, 0) is 11.3 Å². The van der Waals surface area contributed by atoms with E-state index in [1.807, 2.05) is 0 Å². The molecule has 0 heterocycles. The molecule has 0 saturated heterocycles. The average Bonchev–Trinajstić information content (AvgIpc) is 2.56. The summed E-state index contributed by atoms with van der Waals surface area (Å²) < 4.78 is 19.0. The quantitative estimate of drug-likeness (QED) is 0.553. The van der Waals surface area contributed by atoms with E-state index < -0.39 is 16.6 Å². The van der Waals surface area contributed by atoms with Crippen molar-refractivity contribution in [1.29, 1.82) is 0 Å². The summed E-state index contributed by atoms with van der Waals surface area (Å²) in [4.78, 5) is 23.4. The second kappa shape index (κ2) is 8.13. The van der Waals surface area contributed by atoms with Gasteiger partial charge in [-0.2, -0.15) is 0 Å². The smallest absolute Gasteiger partial charge is 0.271 e. The highest BCUT2D eigenvalue weighted by Crippen LogP contribution is 2.28. The van der Waals surface area contributed by atoms with E-state index in [2.05, 4.69) is 0 Å². The summed E-state index contributed by atoms with van der Waals surface area (Å²) in [5.41, 5.74) is 0.0170. The molecular formula is C16H13Cl2FN2O4. The van der Waals surface area contributed by atoms with Crippen LogP contribution in [0.4, 0.5) is 10.1 Å². The van der Waals surface area contributed by atoms with E-state index in [-0.39, 0.29) is 40.2 Å². The number of ether oxygens (including phenoxy) is 1. The fraction of sp³-hybridized carbons (Fsp3) is 0.188. The van der Waals surface area contributed by atoms with Crippen LogP contribution in [0.5, 0.6) is 5.75 Å². The molecule has 0 aliphatic heterocycles. The van der Waals surface area contributed by atoms with Crippen LogP contribution in [0.15, 0.2) is 36.4 Å². The molecule has 0 aliphatic carbocycles. The lowest BCUT2D eigenvalue weighted by molar-refractivity contribution is -0.384. The summed E-state index contributed by atoms with van der Waals surface area (Å²) in [6, 6.07) is 7.92. The van der Waals surface area contributed by atoms with Crippen LogP contribution in [-0.4, -0.2) is 29.4 Å². The van der Waals surface area contributed by atoms with Crippen molar-refractivity contribution >= 4 is 34.8 Å². The maximum Gasteiger partial charge on any atom is 0.271 e. The Hall–Kier alpha value is -2.38. The Morgan fingerprint density at radius 1 is 1.28 bits per heavy atom. The molecule has 0 spiro atoms. The van der Waals surface area contributed by atoms with Gasteiger partial charge in [0.25, 0.3) is 11.6 Å². The van der Waals surface area contributed by atoms with E-state index in [4.69, 9.17) is 27.9 Å². The number of hydrogen-bond acceptors (Lipinski definition) is 4. The SMILES string of the molecule is CN(Cc1c(F)cccc1Cl)C(=O)COc1ccc([N+](=O)[O-])cc1Cl. The Labute approximate surface area is 152 Å². The van der Waals surface area contributed by atoms with Crippen LogP contribution in [0.3, 0.4) is 0 Å². The van der Waals surface area contributed by atoms with Crippen LogP contribution < -0.4 is 4.74 Å². The largest absolute Gasteiger partial charge is 0.482 e. The lowest BCUT2D eigenvalue weighted by Gasteiger charge is -2.19. The van der Waals surface area contributed by atoms with E-state index in [0.29, 0.717) is 0 Å². The molecule has 1 amide bonds. The molecule has 0 atom stereocenters. The number of nitro groups is 1. The summed E-state index contributed by atoms with van der Waals surface area (Å²) in [5, 5.41) is 10.9. The predicted octanol–water partition coefficient (Wildman–Crippen LogP) is 4.08. The first-order valence-electron chi connectivity index (χ1n) is 7.03. The van der Waals surface area contributed by atoms with Crippen LogP contribution in [0.1, 0.15) is 5.56 Å². The van der Waals surface area contributed by atoms with Gasteiger partial charge in [0.05, 0.1) is 9.95 Å². The van der Waals surface area contributed by atoms with Crippen molar-refractivity contribution in [2.45, 2.75) is 6.54 Å². The molecule has 0 unspecified atom stereocenters. The minimum atomic E-state index is -0.591. The third kappa shape index (κ3) is 4.80. The lowest BCUT2D eigenvalue weighted by atomic mass is 10.2. The number of benzene rings is 2. The highest BCUT2D eigenvalue weighted by Gasteiger charge is 2.16. The monoisotopic (exact) mass is 386 g/mol. The second-order valence-corrected chi connectivity index (χ2v) is 5.92. The van der Waals surface area contributed by atoms with E-state index in [9.17, 15) is 19.3 Å². The molecule has 0 aliphatic rings. The molecule has 9 heteroatoms. The van der Waals surface area contributed by atoms with E-state index in [1.165, 1.54) is 42.3 Å². The van der Waals surface area contributed by atoms with Gasteiger partial charge >= 0.3 is 0 Å². The topological polar surface area (TPSA) is 72.7 Å². The first-order chi connectivity index (χ1) is 11.8. The molecule has 2 aromatic carbocycles. The number of halogens is 3. The number of hydrogen-bond donors (Lipinski definition) is 0. The van der Waals surface area contributed by atoms with Gasteiger partial charge in [-0.3, -0.25) is 14.9 Å². The minimum absolute atomic E-state index is 0.0156. The predicted molar refractivity (Wildman–Crippen MR) is 91.5 cm³/mol. The number of amides is 1. The molecule has 0 aromatic heterocycles. The summed E-state index contributed by atoms with van der Waals surface area (Å²) in [6.45, 7) is -0.387. The molecule has 2 rings (SSSR count). The van der Waals surface area contributed by atoms with Crippen LogP contribution in [0, 0.1) is 15.9 Å². The Morgan fingerprint density at radius 2 is 2.00 bits per heavy atom. The highest BCUT2D eigenvalue weighted by atomic mass is 35.5. The van der Waals surface area contributed by atoms with Gasteiger partial charge in [-0.15, -0.1) is 0 Å². The first kappa shape index (κ1) is 19.0. The van der Waals surface area contributed by atoms with Gasteiger partial charge in [-0.1, -0.05) is 29.3 Å². The zero-order chi connectivity index (χ0) is 18.6. The Morgan fingerprint density at radius 3 is 2.60 bits per heavy atom. The average molecular weight is 387 g/mol. The molecule has 0 radical (unpaired) electrons. The number of likely N-dealkylation sites (N-methyl/N-ethyl adjacent to an activating group) is 1. The molecule has 0 saturated carbocycles. The summed E-state index contributed by atoms with van der Waals surface area (Å²) >= 11 is 11.8. The van der Waals surface area contributed by atoms with Crippen LogP contribution >= 0.6 is 23.2 Å². The van der Waals surface area contributed by atoms with Gasteiger partial charge in [0, 0.05) is 36.3 Å². The zero-order valence-corrected chi connectivity index (χ0v) is 14.6. The van der Waals surface area contributed by atoms with E-state index in [0.717, 1.165) is 6.07 Å². The minimum Gasteiger partial charge on any atom is -0.482 e. The van der Waals surface area contributed by atoms with Crippen molar-refractivity contribution in [1.82, 2.24) is 4.90 Å². The summed E-state index contributed by atoms with van der Waals surface area (Å²) in [5.74, 6) is -0.807. The normalized spacial score (nSPS) is 10.4. The van der Waals surface area contributed by atoms with Crippen LogP contribution in [0.2, 0.25) is 10.0 Å². The van der Waals surface area contributed by atoms with Gasteiger partial charge in [0.15, 0.2) is 6.61 Å². The van der Waals surface area contributed by atoms with Crippen molar-refractivity contribution in [3.8, 4) is 5.75 Å². The van der Waals surface area contributed by atoms with Gasteiger partial charge < -0.3 is 9.64 Å². The number of carbonyl (C=O) groups excluding carboxylic acids is 1. The van der Waals surface area contributed by atoms with Crippen molar-refractivity contribution in [3.05, 3.63) is 67.9 Å². The van der Waals surface area contributed by atoms with Gasteiger partial charge in [0.1, 0.15) is 11.6 Å². The number of rotatable bonds is 6. The molecule has 132 valence electrons. The second-order valence-electron chi connectivity index (χ2n) is 5.11. The molecule has 0 fully saturated rings. The number of nitro benzene ring substituents is 1. The Kier molecular flexibility index (Phi) is 6.17.